The molecule has 27 heavy (non-hydrogen) atoms. The van der Waals surface area contributed by atoms with Crippen molar-refractivity contribution in [1.29, 1.82) is 0 Å². The SMILES string of the molecule is COc1ccc2c(c1)c(/C(C)=N\N=C(N)N)cn2S(=O)(=O)c1ccccc1. The molecule has 0 amide bonds. The van der Waals surface area contributed by atoms with E-state index in [0.717, 1.165) is 0 Å². The second-order valence-corrected chi connectivity index (χ2v) is 7.56. The summed E-state index contributed by atoms with van der Waals surface area (Å²) in [5.41, 5.74) is 12.2. The number of benzene rings is 2. The maximum absolute atomic E-state index is 13.1. The molecule has 0 aliphatic rings. The summed E-state index contributed by atoms with van der Waals surface area (Å²) < 4.78 is 32.7. The maximum atomic E-state index is 13.1. The van der Waals surface area contributed by atoms with E-state index in [0.29, 0.717) is 27.9 Å². The predicted octanol–water partition coefficient (Wildman–Crippen LogP) is 1.88. The third kappa shape index (κ3) is 3.49. The van der Waals surface area contributed by atoms with Crippen molar-refractivity contribution in [3.8, 4) is 5.75 Å². The summed E-state index contributed by atoms with van der Waals surface area (Å²) in [5.74, 6) is 0.404. The Morgan fingerprint density at radius 1 is 1.07 bits per heavy atom. The van der Waals surface area contributed by atoms with Crippen molar-refractivity contribution in [3.05, 3.63) is 60.3 Å². The molecule has 0 fully saturated rings. The van der Waals surface area contributed by atoms with Gasteiger partial charge in [-0.2, -0.15) is 5.10 Å². The third-order valence-corrected chi connectivity index (χ3v) is 5.67. The van der Waals surface area contributed by atoms with E-state index in [4.69, 9.17) is 16.2 Å². The molecule has 0 spiro atoms. The fraction of sp³-hybridized carbons (Fsp3) is 0.111. The van der Waals surface area contributed by atoms with E-state index in [1.165, 1.54) is 10.2 Å². The van der Waals surface area contributed by atoms with Crippen LogP contribution in [0.5, 0.6) is 5.75 Å². The summed E-state index contributed by atoms with van der Waals surface area (Å²) >= 11 is 0. The molecule has 0 saturated carbocycles. The van der Waals surface area contributed by atoms with Gasteiger partial charge in [-0.15, -0.1) is 5.10 Å². The van der Waals surface area contributed by atoms with E-state index in [2.05, 4.69) is 10.2 Å². The zero-order valence-electron chi connectivity index (χ0n) is 14.8. The van der Waals surface area contributed by atoms with Crippen LogP contribution in [0.1, 0.15) is 12.5 Å². The van der Waals surface area contributed by atoms with Crippen LogP contribution in [0.15, 0.2) is 69.8 Å². The molecule has 0 radical (unpaired) electrons. The van der Waals surface area contributed by atoms with Crippen LogP contribution in [0.25, 0.3) is 10.9 Å². The van der Waals surface area contributed by atoms with E-state index in [1.807, 2.05) is 0 Å². The lowest BCUT2D eigenvalue weighted by atomic mass is 10.1. The van der Waals surface area contributed by atoms with Gasteiger partial charge in [-0.25, -0.2) is 12.4 Å². The van der Waals surface area contributed by atoms with Crippen LogP contribution in [-0.2, 0) is 10.0 Å². The first-order valence-corrected chi connectivity index (χ1v) is 9.42. The third-order valence-electron chi connectivity index (χ3n) is 3.98. The van der Waals surface area contributed by atoms with Gasteiger partial charge in [0.1, 0.15) is 5.75 Å². The molecule has 4 N–H and O–H groups in total. The van der Waals surface area contributed by atoms with Gasteiger partial charge in [0, 0.05) is 17.1 Å². The number of aromatic nitrogens is 1. The maximum Gasteiger partial charge on any atom is 0.268 e. The van der Waals surface area contributed by atoms with Crippen LogP contribution in [-0.4, -0.2) is 31.2 Å². The second-order valence-electron chi connectivity index (χ2n) is 5.75. The fourth-order valence-corrected chi connectivity index (χ4v) is 4.08. The van der Waals surface area contributed by atoms with Crippen molar-refractivity contribution in [1.82, 2.24) is 3.97 Å². The van der Waals surface area contributed by atoms with Gasteiger partial charge in [-0.05, 0) is 37.3 Å². The minimum atomic E-state index is -3.79. The lowest BCUT2D eigenvalue weighted by molar-refractivity contribution is 0.415. The van der Waals surface area contributed by atoms with Crippen molar-refractivity contribution in [2.75, 3.05) is 7.11 Å². The van der Waals surface area contributed by atoms with Crippen molar-refractivity contribution in [3.63, 3.8) is 0 Å². The lowest BCUT2D eigenvalue weighted by Crippen LogP contribution is -2.22. The van der Waals surface area contributed by atoms with Crippen LogP contribution in [0.3, 0.4) is 0 Å². The molecule has 1 aromatic heterocycles. The van der Waals surface area contributed by atoms with Gasteiger partial charge in [0.15, 0.2) is 0 Å². The number of nitrogens with zero attached hydrogens (tertiary/aromatic N) is 3. The molecule has 3 aromatic rings. The van der Waals surface area contributed by atoms with Gasteiger partial charge < -0.3 is 16.2 Å². The number of nitrogens with two attached hydrogens (primary N) is 2. The smallest absolute Gasteiger partial charge is 0.268 e. The molecular weight excluding hydrogens is 366 g/mol. The Morgan fingerprint density at radius 2 is 1.78 bits per heavy atom. The average molecular weight is 385 g/mol. The highest BCUT2D eigenvalue weighted by molar-refractivity contribution is 7.90. The number of hydrogen-bond acceptors (Lipinski definition) is 5. The van der Waals surface area contributed by atoms with Gasteiger partial charge in [-0.3, -0.25) is 0 Å². The zero-order chi connectivity index (χ0) is 19.6. The first kappa shape index (κ1) is 18.5. The molecule has 2 aromatic carbocycles. The summed E-state index contributed by atoms with van der Waals surface area (Å²) in [7, 11) is -2.25. The molecule has 0 bridgehead atoms. The molecule has 0 aliphatic heterocycles. The second kappa shape index (κ2) is 7.12. The molecule has 0 unspecified atom stereocenters. The van der Waals surface area contributed by atoms with Gasteiger partial charge in [0.2, 0.25) is 5.96 Å². The minimum Gasteiger partial charge on any atom is -0.497 e. The van der Waals surface area contributed by atoms with Crippen LogP contribution >= 0.6 is 0 Å². The molecule has 0 atom stereocenters. The van der Waals surface area contributed by atoms with E-state index in [1.54, 1.807) is 62.6 Å². The molecule has 1 heterocycles. The summed E-state index contributed by atoms with van der Waals surface area (Å²) in [4.78, 5) is 0.183. The highest BCUT2D eigenvalue weighted by Crippen LogP contribution is 2.29. The van der Waals surface area contributed by atoms with Crippen LogP contribution < -0.4 is 16.2 Å². The van der Waals surface area contributed by atoms with Crippen molar-refractivity contribution >= 4 is 32.6 Å². The fourth-order valence-electron chi connectivity index (χ4n) is 2.69. The summed E-state index contributed by atoms with van der Waals surface area (Å²) in [5, 5.41) is 8.28. The molecule has 0 aliphatic carbocycles. The van der Waals surface area contributed by atoms with Gasteiger partial charge in [0.25, 0.3) is 10.0 Å². The van der Waals surface area contributed by atoms with Crippen molar-refractivity contribution in [2.24, 2.45) is 21.7 Å². The first-order valence-electron chi connectivity index (χ1n) is 7.98. The Morgan fingerprint density at radius 3 is 2.41 bits per heavy atom. The van der Waals surface area contributed by atoms with Crippen LogP contribution in [0, 0.1) is 0 Å². The molecule has 3 rings (SSSR count). The highest BCUT2D eigenvalue weighted by atomic mass is 32.2. The quantitative estimate of drug-likeness (QED) is 0.394. The number of hydrogen-bond donors (Lipinski definition) is 2. The standard InChI is InChI=1S/C18H19N5O3S/c1-12(21-22-18(19)20)16-11-23(17-9-8-13(26-2)10-15(16)17)27(24,25)14-6-4-3-5-7-14/h3-11H,1-2H3,(H4,19,20,22)/b21-12-. The van der Waals surface area contributed by atoms with E-state index >= 15 is 0 Å². The predicted molar refractivity (Wildman–Crippen MR) is 106 cm³/mol. The lowest BCUT2D eigenvalue weighted by Gasteiger charge is -2.07. The number of guanidine groups is 1. The van der Waals surface area contributed by atoms with E-state index < -0.39 is 10.0 Å². The number of fused-ring (bicyclic) bond motifs is 1. The Balaban J connectivity index is 2.29. The molecule has 140 valence electrons. The Labute approximate surface area is 156 Å². The molecule has 9 heteroatoms. The minimum absolute atomic E-state index is 0.183. The van der Waals surface area contributed by atoms with Gasteiger partial charge >= 0.3 is 0 Å². The highest BCUT2D eigenvalue weighted by Gasteiger charge is 2.22. The molecular formula is C18H19N5O3S. The summed E-state index contributed by atoms with van der Waals surface area (Å²) in [6.45, 7) is 1.69. The van der Waals surface area contributed by atoms with Crippen LogP contribution in [0.4, 0.5) is 0 Å². The largest absolute Gasteiger partial charge is 0.497 e. The van der Waals surface area contributed by atoms with Gasteiger partial charge in [-0.1, -0.05) is 18.2 Å². The van der Waals surface area contributed by atoms with Gasteiger partial charge in [0.05, 0.1) is 23.2 Å². The molecule has 8 nitrogen and oxygen atoms in total. The normalized spacial score (nSPS) is 12.1. The Kier molecular flexibility index (Phi) is 4.87. The monoisotopic (exact) mass is 385 g/mol. The molecule has 0 saturated heterocycles. The van der Waals surface area contributed by atoms with Crippen molar-refractivity contribution < 1.29 is 13.2 Å². The summed E-state index contributed by atoms with van der Waals surface area (Å²) in [6.07, 6.45) is 1.51. The van der Waals surface area contributed by atoms with Crippen molar-refractivity contribution in [2.45, 2.75) is 11.8 Å². The Hall–Kier alpha value is -3.33. The summed E-state index contributed by atoms with van der Waals surface area (Å²) in [6, 6.07) is 13.3. The van der Waals surface area contributed by atoms with Crippen LogP contribution in [0.2, 0.25) is 0 Å². The van der Waals surface area contributed by atoms with E-state index in [-0.39, 0.29) is 10.9 Å². The average Bonchev–Trinajstić information content (AvgIpc) is 3.06. The zero-order valence-corrected chi connectivity index (χ0v) is 15.6. The van der Waals surface area contributed by atoms with E-state index in [9.17, 15) is 8.42 Å². The number of rotatable bonds is 5. The number of ether oxygens (including phenoxy) is 1. The first-order chi connectivity index (χ1) is 12.8. The topological polar surface area (TPSA) is 125 Å². The Bertz CT molecular complexity index is 1140. The number of methoxy groups -OCH3 is 1.